The second kappa shape index (κ2) is 6.64. The van der Waals surface area contributed by atoms with Crippen molar-refractivity contribution in [3.63, 3.8) is 0 Å². The van der Waals surface area contributed by atoms with E-state index in [1.54, 1.807) is 18.6 Å². The molecule has 2 heterocycles. The Morgan fingerprint density at radius 1 is 1.39 bits per heavy atom. The van der Waals surface area contributed by atoms with E-state index in [1.165, 1.54) is 0 Å². The number of rotatable bonds is 4. The number of carbonyl (C=O) groups excluding carboxylic acids is 2. The minimum atomic E-state index is -0.109. The lowest BCUT2D eigenvalue weighted by atomic mass is 10.1. The molecular formula is C17H20N4O2. The first-order valence-electron chi connectivity index (χ1n) is 7.84. The van der Waals surface area contributed by atoms with Crippen LogP contribution in [0.5, 0.6) is 0 Å². The van der Waals surface area contributed by atoms with E-state index in [0.717, 1.165) is 12.1 Å². The standard InChI is InChI=1S/C17H20N4O2/c1-2-16(22)20-8-6-14(11-20)19-17(23)13-4-3-5-15(10-13)21-9-7-18-12-21/h3-5,7,9-10,12,14H,2,6,8,11H2,1H3,(H,19,23)/t14-/m0/s1. The van der Waals surface area contributed by atoms with Crippen molar-refractivity contribution in [1.29, 1.82) is 0 Å². The molecule has 1 saturated heterocycles. The third-order valence-electron chi connectivity index (χ3n) is 4.09. The maximum Gasteiger partial charge on any atom is 0.251 e. The molecular weight excluding hydrogens is 292 g/mol. The van der Waals surface area contributed by atoms with E-state index in [-0.39, 0.29) is 17.9 Å². The fourth-order valence-corrected chi connectivity index (χ4v) is 2.82. The number of hydrogen-bond donors (Lipinski definition) is 1. The zero-order valence-electron chi connectivity index (χ0n) is 13.1. The fraction of sp³-hybridized carbons (Fsp3) is 0.353. The molecule has 23 heavy (non-hydrogen) atoms. The molecule has 2 aromatic rings. The second-order valence-corrected chi connectivity index (χ2v) is 5.67. The third kappa shape index (κ3) is 3.41. The molecule has 1 aromatic heterocycles. The molecule has 0 spiro atoms. The number of hydrogen-bond acceptors (Lipinski definition) is 3. The van der Waals surface area contributed by atoms with Crippen LogP contribution in [0.15, 0.2) is 43.0 Å². The van der Waals surface area contributed by atoms with Gasteiger partial charge in [-0.3, -0.25) is 9.59 Å². The van der Waals surface area contributed by atoms with E-state index >= 15 is 0 Å². The molecule has 120 valence electrons. The highest BCUT2D eigenvalue weighted by Gasteiger charge is 2.26. The summed E-state index contributed by atoms with van der Waals surface area (Å²) >= 11 is 0. The molecule has 1 aliphatic rings. The van der Waals surface area contributed by atoms with E-state index in [1.807, 2.05) is 40.8 Å². The second-order valence-electron chi connectivity index (χ2n) is 5.67. The Labute approximate surface area is 135 Å². The SMILES string of the molecule is CCC(=O)N1CC[C@H](NC(=O)c2cccc(-n3ccnc3)c2)C1. The summed E-state index contributed by atoms with van der Waals surface area (Å²) < 4.78 is 1.86. The minimum absolute atomic E-state index is 0.0231. The summed E-state index contributed by atoms with van der Waals surface area (Å²) in [4.78, 5) is 30.0. The van der Waals surface area contributed by atoms with Crippen molar-refractivity contribution in [2.75, 3.05) is 13.1 Å². The number of amides is 2. The van der Waals surface area contributed by atoms with Gasteiger partial charge in [0.1, 0.15) is 0 Å². The highest BCUT2D eigenvalue weighted by molar-refractivity contribution is 5.95. The maximum absolute atomic E-state index is 12.4. The number of nitrogens with one attached hydrogen (secondary N) is 1. The van der Waals surface area contributed by atoms with Gasteiger partial charge in [-0.15, -0.1) is 0 Å². The first-order valence-corrected chi connectivity index (χ1v) is 7.84. The van der Waals surface area contributed by atoms with Crippen LogP contribution in [0, 0.1) is 0 Å². The zero-order chi connectivity index (χ0) is 16.2. The summed E-state index contributed by atoms with van der Waals surface area (Å²) in [7, 11) is 0. The molecule has 0 unspecified atom stereocenters. The minimum Gasteiger partial charge on any atom is -0.347 e. The molecule has 1 aromatic carbocycles. The molecule has 0 aliphatic carbocycles. The van der Waals surface area contributed by atoms with Crippen LogP contribution < -0.4 is 5.32 Å². The summed E-state index contributed by atoms with van der Waals surface area (Å²) in [5, 5.41) is 3.02. The lowest BCUT2D eigenvalue weighted by Gasteiger charge is -2.16. The smallest absolute Gasteiger partial charge is 0.251 e. The van der Waals surface area contributed by atoms with Crippen LogP contribution in [0.4, 0.5) is 0 Å². The maximum atomic E-state index is 12.4. The zero-order valence-corrected chi connectivity index (χ0v) is 13.1. The molecule has 1 atom stereocenters. The average molecular weight is 312 g/mol. The molecule has 1 N–H and O–H groups in total. The predicted molar refractivity (Wildman–Crippen MR) is 86.3 cm³/mol. The summed E-state index contributed by atoms with van der Waals surface area (Å²) in [6, 6.07) is 7.43. The topological polar surface area (TPSA) is 67.2 Å². The van der Waals surface area contributed by atoms with Crippen LogP contribution in [0.2, 0.25) is 0 Å². The van der Waals surface area contributed by atoms with E-state index in [9.17, 15) is 9.59 Å². The molecule has 0 saturated carbocycles. The summed E-state index contributed by atoms with van der Waals surface area (Å²) in [6.07, 6.45) is 6.54. The molecule has 0 radical (unpaired) electrons. The van der Waals surface area contributed by atoms with Gasteiger partial charge < -0.3 is 14.8 Å². The van der Waals surface area contributed by atoms with Gasteiger partial charge in [-0.25, -0.2) is 4.98 Å². The number of carbonyl (C=O) groups is 2. The van der Waals surface area contributed by atoms with Gasteiger partial charge in [0.15, 0.2) is 0 Å². The quantitative estimate of drug-likeness (QED) is 0.933. The number of likely N-dealkylation sites (tertiary alicyclic amines) is 1. The molecule has 6 heteroatoms. The Kier molecular flexibility index (Phi) is 4.41. The Hall–Kier alpha value is -2.63. The Morgan fingerprint density at radius 3 is 3.00 bits per heavy atom. The van der Waals surface area contributed by atoms with Gasteiger partial charge >= 0.3 is 0 Å². The van der Waals surface area contributed by atoms with Crippen molar-refractivity contribution < 1.29 is 9.59 Å². The van der Waals surface area contributed by atoms with Gasteiger partial charge in [0.05, 0.1) is 6.33 Å². The van der Waals surface area contributed by atoms with Gasteiger partial charge in [-0.1, -0.05) is 13.0 Å². The largest absolute Gasteiger partial charge is 0.347 e. The number of benzene rings is 1. The van der Waals surface area contributed by atoms with Crippen LogP contribution in [-0.2, 0) is 4.79 Å². The lowest BCUT2D eigenvalue weighted by molar-refractivity contribution is -0.129. The van der Waals surface area contributed by atoms with E-state index in [2.05, 4.69) is 10.3 Å². The molecule has 1 aliphatic heterocycles. The van der Waals surface area contributed by atoms with Gasteiger partial charge in [0.25, 0.3) is 5.91 Å². The average Bonchev–Trinajstić information content (AvgIpc) is 3.26. The van der Waals surface area contributed by atoms with Gasteiger partial charge in [-0.2, -0.15) is 0 Å². The van der Waals surface area contributed by atoms with E-state index < -0.39 is 0 Å². The first-order chi connectivity index (χ1) is 11.2. The van der Waals surface area contributed by atoms with Crippen LogP contribution in [0.25, 0.3) is 5.69 Å². The highest BCUT2D eigenvalue weighted by atomic mass is 16.2. The van der Waals surface area contributed by atoms with E-state index in [0.29, 0.717) is 25.1 Å². The molecule has 3 rings (SSSR count). The fourth-order valence-electron chi connectivity index (χ4n) is 2.82. The van der Waals surface area contributed by atoms with Gasteiger partial charge in [-0.05, 0) is 24.6 Å². The molecule has 0 bridgehead atoms. The normalized spacial score (nSPS) is 17.3. The number of imidazole rings is 1. The summed E-state index contributed by atoms with van der Waals surface area (Å²) in [5.41, 5.74) is 1.50. The van der Waals surface area contributed by atoms with Crippen molar-refractivity contribution in [3.05, 3.63) is 48.5 Å². The number of nitrogens with zero attached hydrogens (tertiary/aromatic N) is 3. The molecule has 2 amide bonds. The third-order valence-corrected chi connectivity index (χ3v) is 4.09. The van der Waals surface area contributed by atoms with E-state index in [4.69, 9.17) is 0 Å². The molecule has 1 fully saturated rings. The summed E-state index contributed by atoms with van der Waals surface area (Å²) in [5.74, 6) is 0.0339. The van der Waals surface area contributed by atoms with Crippen LogP contribution in [-0.4, -0.2) is 45.4 Å². The first kappa shape index (κ1) is 15.3. The number of aromatic nitrogens is 2. The monoisotopic (exact) mass is 312 g/mol. The Morgan fingerprint density at radius 2 is 2.26 bits per heavy atom. The highest BCUT2D eigenvalue weighted by Crippen LogP contribution is 2.13. The van der Waals surface area contributed by atoms with Gasteiger partial charge in [0.2, 0.25) is 5.91 Å². The van der Waals surface area contributed by atoms with Crippen molar-refractivity contribution >= 4 is 11.8 Å². The summed E-state index contributed by atoms with van der Waals surface area (Å²) in [6.45, 7) is 3.17. The van der Waals surface area contributed by atoms with Crippen molar-refractivity contribution in [1.82, 2.24) is 19.8 Å². The van der Waals surface area contributed by atoms with Crippen LogP contribution in [0.3, 0.4) is 0 Å². The molecule has 6 nitrogen and oxygen atoms in total. The Bertz CT molecular complexity index is 696. The van der Waals surface area contributed by atoms with Crippen molar-refractivity contribution in [2.24, 2.45) is 0 Å². The van der Waals surface area contributed by atoms with Crippen molar-refractivity contribution in [3.8, 4) is 5.69 Å². The predicted octanol–water partition coefficient (Wildman–Crippen LogP) is 1.61. The lowest BCUT2D eigenvalue weighted by Crippen LogP contribution is -2.38. The van der Waals surface area contributed by atoms with Crippen LogP contribution in [0.1, 0.15) is 30.1 Å². The van der Waals surface area contributed by atoms with Crippen LogP contribution >= 0.6 is 0 Å². The van der Waals surface area contributed by atoms with Gasteiger partial charge in [0, 0.05) is 49.2 Å². The van der Waals surface area contributed by atoms with Crippen molar-refractivity contribution in [2.45, 2.75) is 25.8 Å². The Balaban J connectivity index is 1.65.